The van der Waals surface area contributed by atoms with Crippen molar-refractivity contribution in [3.63, 3.8) is 0 Å². The van der Waals surface area contributed by atoms with Gasteiger partial charge in [-0.25, -0.2) is 0 Å². The number of ether oxygens (including phenoxy) is 1. The molecule has 1 amide bonds. The summed E-state index contributed by atoms with van der Waals surface area (Å²) < 4.78 is 5.14. The number of esters is 1. The number of hydrogen-bond acceptors (Lipinski definition) is 5. The minimum atomic E-state index is -0.519. The second-order valence-corrected chi connectivity index (χ2v) is 6.78. The van der Waals surface area contributed by atoms with Crippen molar-refractivity contribution >= 4 is 46.6 Å². The lowest BCUT2D eigenvalue weighted by Gasteiger charge is -2.19. The number of benzene rings is 1. The van der Waals surface area contributed by atoms with E-state index >= 15 is 0 Å². The van der Waals surface area contributed by atoms with Crippen LogP contribution in [0.2, 0.25) is 5.02 Å². The summed E-state index contributed by atoms with van der Waals surface area (Å²) in [5.41, 5.74) is 6.11. The summed E-state index contributed by atoms with van der Waals surface area (Å²) in [7, 11) is 0. The first-order chi connectivity index (χ1) is 9.67. The molecule has 1 rings (SSSR count). The molecule has 0 heterocycles. The first-order valence-electron chi connectivity index (χ1n) is 6.32. The van der Waals surface area contributed by atoms with E-state index in [0.717, 1.165) is 0 Å². The highest BCUT2D eigenvalue weighted by molar-refractivity contribution is 8.00. The van der Waals surface area contributed by atoms with Gasteiger partial charge in [-0.1, -0.05) is 11.6 Å². The van der Waals surface area contributed by atoms with E-state index in [1.807, 2.05) is 0 Å². The fourth-order valence-electron chi connectivity index (χ4n) is 1.42. The average molecular weight is 331 g/mol. The number of halogens is 1. The lowest BCUT2D eigenvalue weighted by Crippen LogP contribution is -2.25. The lowest BCUT2D eigenvalue weighted by molar-refractivity contribution is -0.151. The Morgan fingerprint density at radius 3 is 2.62 bits per heavy atom. The van der Waals surface area contributed by atoms with Gasteiger partial charge in [-0.15, -0.1) is 11.8 Å². The molecule has 21 heavy (non-hydrogen) atoms. The second-order valence-electron chi connectivity index (χ2n) is 5.36. The van der Waals surface area contributed by atoms with Gasteiger partial charge in [0, 0.05) is 5.02 Å². The molecule has 0 aromatic heterocycles. The Morgan fingerprint density at radius 2 is 2.00 bits per heavy atom. The third-order valence-electron chi connectivity index (χ3n) is 2.16. The molecule has 0 fully saturated rings. The van der Waals surface area contributed by atoms with E-state index in [-0.39, 0.29) is 23.4 Å². The first-order valence-corrected chi connectivity index (χ1v) is 7.85. The number of carbonyl (C=O) groups is 2. The maximum atomic E-state index is 11.8. The van der Waals surface area contributed by atoms with E-state index in [1.54, 1.807) is 39.0 Å². The molecule has 7 heteroatoms. The van der Waals surface area contributed by atoms with E-state index < -0.39 is 5.60 Å². The van der Waals surface area contributed by atoms with Crippen LogP contribution in [0.25, 0.3) is 0 Å². The molecule has 0 radical (unpaired) electrons. The van der Waals surface area contributed by atoms with Crippen LogP contribution >= 0.6 is 23.4 Å². The molecule has 0 aliphatic rings. The summed E-state index contributed by atoms with van der Waals surface area (Å²) in [5, 5.41) is 3.14. The van der Waals surface area contributed by atoms with Gasteiger partial charge in [-0.3, -0.25) is 9.59 Å². The standard InChI is InChI=1S/C14H19ClN2O3S/c1-14(2,3)20-13(19)8-21-7-12(18)17-11-6-9(15)4-5-10(11)16/h4-6H,7-8,16H2,1-3H3,(H,17,18). The predicted molar refractivity (Wildman–Crippen MR) is 87.7 cm³/mol. The van der Waals surface area contributed by atoms with E-state index in [4.69, 9.17) is 22.1 Å². The van der Waals surface area contributed by atoms with Crippen LogP contribution in [0.4, 0.5) is 11.4 Å². The summed E-state index contributed by atoms with van der Waals surface area (Å²) in [4.78, 5) is 23.2. The van der Waals surface area contributed by atoms with Gasteiger partial charge in [0.25, 0.3) is 0 Å². The molecule has 0 bridgehead atoms. The molecule has 0 unspecified atom stereocenters. The summed E-state index contributed by atoms with van der Waals surface area (Å²) in [5.74, 6) is -0.346. The van der Waals surface area contributed by atoms with Crippen LogP contribution in [0, 0.1) is 0 Å². The number of nitrogen functional groups attached to an aromatic ring is 1. The zero-order valence-corrected chi connectivity index (χ0v) is 13.8. The van der Waals surface area contributed by atoms with Crippen LogP contribution in [0.1, 0.15) is 20.8 Å². The van der Waals surface area contributed by atoms with Gasteiger partial charge in [0.2, 0.25) is 5.91 Å². The molecular weight excluding hydrogens is 312 g/mol. The minimum absolute atomic E-state index is 0.121. The molecule has 0 aliphatic heterocycles. The van der Waals surface area contributed by atoms with Gasteiger partial charge in [0.15, 0.2) is 0 Å². The van der Waals surface area contributed by atoms with E-state index in [9.17, 15) is 9.59 Å². The van der Waals surface area contributed by atoms with Crippen molar-refractivity contribution in [1.29, 1.82) is 0 Å². The van der Waals surface area contributed by atoms with Crippen LogP contribution in [0.3, 0.4) is 0 Å². The van der Waals surface area contributed by atoms with Gasteiger partial charge in [0.05, 0.1) is 22.9 Å². The van der Waals surface area contributed by atoms with Crippen molar-refractivity contribution in [1.82, 2.24) is 0 Å². The van der Waals surface area contributed by atoms with Crippen LogP contribution < -0.4 is 11.1 Å². The number of rotatable bonds is 5. The molecule has 0 atom stereocenters. The SMILES string of the molecule is CC(C)(C)OC(=O)CSCC(=O)Nc1cc(Cl)ccc1N. The number of thioether (sulfide) groups is 1. The molecule has 1 aromatic rings. The van der Waals surface area contributed by atoms with Gasteiger partial charge < -0.3 is 15.8 Å². The van der Waals surface area contributed by atoms with E-state index in [1.165, 1.54) is 11.8 Å². The third-order valence-corrected chi connectivity index (χ3v) is 3.30. The lowest BCUT2D eigenvalue weighted by atomic mass is 10.2. The van der Waals surface area contributed by atoms with Crippen LogP contribution in [-0.4, -0.2) is 29.0 Å². The topological polar surface area (TPSA) is 81.4 Å². The summed E-state index contributed by atoms with van der Waals surface area (Å²) in [6, 6.07) is 4.84. The third kappa shape index (κ3) is 7.24. The quantitative estimate of drug-likeness (QED) is 0.640. The number of amides is 1. The molecule has 3 N–H and O–H groups in total. The largest absolute Gasteiger partial charge is 0.459 e. The molecule has 0 saturated heterocycles. The van der Waals surface area contributed by atoms with Gasteiger partial charge >= 0.3 is 5.97 Å². The van der Waals surface area contributed by atoms with Crippen molar-refractivity contribution in [2.75, 3.05) is 22.6 Å². The smallest absolute Gasteiger partial charge is 0.316 e. The maximum Gasteiger partial charge on any atom is 0.316 e. The number of carbonyl (C=O) groups excluding carboxylic acids is 2. The first kappa shape index (κ1) is 17.7. The normalized spacial score (nSPS) is 11.0. The number of nitrogens with two attached hydrogens (primary N) is 1. The molecule has 5 nitrogen and oxygen atoms in total. The maximum absolute atomic E-state index is 11.8. The van der Waals surface area contributed by atoms with Crippen molar-refractivity contribution < 1.29 is 14.3 Å². The Balaban J connectivity index is 2.38. The zero-order valence-electron chi connectivity index (χ0n) is 12.2. The highest BCUT2D eigenvalue weighted by Gasteiger charge is 2.16. The monoisotopic (exact) mass is 330 g/mol. The van der Waals surface area contributed by atoms with Crippen molar-refractivity contribution in [2.24, 2.45) is 0 Å². The molecule has 0 spiro atoms. The summed E-state index contributed by atoms with van der Waals surface area (Å²) in [6.45, 7) is 5.39. The van der Waals surface area contributed by atoms with Crippen LogP contribution in [-0.2, 0) is 14.3 Å². The fraction of sp³-hybridized carbons (Fsp3) is 0.429. The van der Waals surface area contributed by atoms with E-state index in [2.05, 4.69) is 5.32 Å². The zero-order chi connectivity index (χ0) is 16.0. The second kappa shape index (κ2) is 7.56. The van der Waals surface area contributed by atoms with Gasteiger partial charge in [-0.05, 0) is 39.0 Å². The number of hydrogen-bond donors (Lipinski definition) is 2. The molecule has 1 aromatic carbocycles. The van der Waals surface area contributed by atoms with E-state index in [0.29, 0.717) is 16.4 Å². The Labute approximate surface area is 133 Å². The Kier molecular flexibility index (Phi) is 6.36. The van der Waals surface area contributed by atoms with Crippen molar-refractivity contribution in [3.05, 3.63) is 23.2 Å². The molecular formula is C14H19ClN2O3S. The number of anilines is 2. The fourth-order valence-corrected chi connectivity index (χ4v) is 2.18. The number of nitrogens with one attached hydrogen (secondary N) is 1. The Bertz CT molecular complexity index is 529. The predicted octanol–water partition coefficient (Wildman–Crippen LogP) is 2.94. The van der Waals surface area contributed by atoms with Crippen molar-refractivity contribution in [2.45, 2.75) is 26.4 Å². The molecule has 0 aliphatic carbocycles. The highest BCUT2D eigenvalue weighted by atomic mass is 35.5. The van der Waals surface area contributed by atoms with Crippen molar-refractivity contribution in [3.8, 4) is 0 Å². The Morgan fingerprint density at radius 1 is 1.33 bits per heavy atom. The molecule has 116 valence electrons. The average Bonchev–Trinajstić information content (AvgIpc) is 2.31. The van der Waals surface area contributed by atoms with Crippen LogP contribution in [0.5, 0.6) is 0 Å². The molecule has 0 saturated carbocycles. The highest BCUT2D eigenvalue weighted by Crippen LogP contribution is 2.23. The summed E-state index contributed by atoms with van der Waals surface area (Å²) >= 11 is 7.01. The summed E-state index contributed by atoms with van der Waals surface area (Å²) in [6.07, 6.45) is 0. The van der Waals surface area contributed by atoms with Gasteiger partial charge in [0.1, 0.15) is 5.60 Å². The van der Waals surface area contributed by atoms with Gasteiger partial charge in [-0.2, -0.15) is 0 Å². The van der Waals surface area contributed by atoms with Crippen LogP contribution in [0.15, 0.2) is 18.2 Å². The Hall–Kier alpha value is -1.40. The minimum Gasteiger partial charge on any atom is -0.459 e.